The van der Waals surface area contributed by atoms with Crippen LogP contribution in [-0.4, -0.2) is 25.3 Å². The Hall–Kier alpha value is -0.870. The quantitative estimate of drug-likeness (QED) is 0.343. The molecule has 0 rings (SSSR count). The van der Waals surface area contributed by atoms with Crippen molar-refractivity contribution < 1.29 is 19.3 Å². The van der Waals surface area contributed by atoms with Crippen molar-refractivity contribution in [1.82, 2.24) is 0 Å². The Morgan fingerprint density at radius 1 is 1.50 bits per heavy atom. The minimum atomic E-state index is -0.735. The molecule has 1 unspecified atom stereocenters. The summed E-state index contributed by atoms with van der Waals surface area (Å²) in [5, 5.41) is 0. The van der Waals surface area contributed by atoms with Crippen LogP contribution >= 0.6 is 0 Å². The Kier molecular flexibility index (Phi) is 6.32. The molecule has 70 valence electrons. The van der Waals surface area contributed by atoms with E-state index in [2.05, 4.69) is 16.4 Å². The highest BCUT2D eigenvalue weighted by molar-refractivity contribution is 5.76. The van der Waals surface area contributed by atoms with E-state index in [0.29, 0.717) is 13.2 Å². The minimum absolute atomic E-state index is 0.321. The molecular weight excluding hydrogens is 160 g/mol. The van der Waals surface area contributed by atoms with Crippen molar-refractivity contribution in [1.29, 1.82) is 0 Å². The summed E-state index contributed by atoms with van der Waals surface area (Å²) >= 11 is 0. The van der Waals surface area contributed by atoms with E-state index >= 15 is 0 Å². The molecular formula is C8H14O4. The van der Waals surface area contributed by atoms with E-state index in [-0.39, 0.29) is 0 Å². The van der Waals surface area contributed by atoms with E-state index < -0.39 is 12.1 Å². The van der Waals surface area contributed by atoms with E-state index in [4.69, 9.17) is 4.74 Å². The molecule has 0 radical (unpaired) electrons. The Morgan fingerprint density at radius 3 is 2.58 bits per heavy atom. The molecule has 0 saturated carbocycles. The zero-order valence-electron chi connectivity index (χ0n) is 7.41. The van der Waals surface area contributed by atoms with E-state index in [9.17, 15) is 4.79 Å². The normalized spacial score (nSPS) is 12.2. The van der Waals surface area contributed by atoms with Gasteiger partial charge in [0.1, 0.15) is 0 Å². The first kappa shape index (κ1) is 11.1. The van der Waals surface area contributed by atoms with Gasteiger partial charge in [-0.05, 0) is 13.8 Å². The highest BCUT2D eigenvalue weighted by Crippen LogP contribution is 1.97. The number of carbonyl (C=O) groups is 1. The van der Waals surface area contributed by atoms with E-state index in [1.807, 2.05) is 0 Å². The van der Waals surface area contributed by atoms with Crippen LogP contribution < -0.4 is 0 Å². The average Bonchev–Trinajstić information content (AvgIpc) is 2.10. The third-order valence-corrected chi connectivity index (χ3v) is 1.05. The Morgan fingerprint density at radius 2 is 2.17 bits per heavy atom. The molecule has 0 bridgehead atoms. The predicted molar refractivity (Wildman–Crippen MR) is 43.3 cm³/mol. The van der Waals surface area contributed by atoms with Crippen molar-refractivity contribution in [2.45, 2.75) is 20.0 Å². The topological polar surface area (TPSA) is 44.8 Å². The second-order valence-corrected chi connectivity index (χ2v) is 1.92. The van der Waals surface area contributed by atoms with Crippen LogP contribution in [0.25, 0.3) is 0 Å². The molecule has 0 aliphatic carbocycles. The van der Waals surface area contributed by atoms with Crippen LogP contribution in [0.15, 0.2) is 12.7 Å². The summed E-state index contributed by atoms with van der Waals surface area (Å²) in [6.07, 6.45) is 0.631. The molecule has 0 aliphatic heterocycles. The predicted octanol–water partition coefficient (Wildman–Crippen LogP) is 1.07. The standard InChI is InChI=1S/C8H14O4/c1-4-7(10-5-2)8(9)12-11-6-3/h4,7H,1,5-6H2,2-3H3. The van der Waals surface area contributed by atoms with Gasteiger partial charge in [0.05, 0.1) is 6.61 Å². The molecule has 0 aromatic heterocycles. The lowest BCUT2D eigenvalue weighted by Crippen LogP contribution is -2.24. The molecule has 0 heterocycles. The van der Waals surface area contributed by atoms with Crippen molar-refractivity contribution in [3.63, 3.8) is 0 Å². The maximum Gasteiger partial charge on any atom is 0.374 e. The van der Waals surface area contributed by atoms with E-state index in [0.717, 1.165) is 0 Å². The van der Waals surface area contributed by atoms with Crippen LogP contribution in [0.3, 0.4) is 0 Å². The molecule has 0 spiro atoms. The maximum atomic E-state index is 11.0. The summed E-state index contributed by atoms with van der Waals surface area (Å²) in [7, 11) is 0. The molecule has 4 heteroatoms. The van der Waals surface area contributed by atoms with E-state index in [1.54, 1.807) is 13.8 Å². The highest BCUT2D eigenvalue weighted by atomic mass is 17.2. The van der Waals surface area contributed by atoms with Crippen molar-refractivity contribution in [3.05, 3.63) is 12.7 Å². The van der Waals surface area contributed by atoms with Gasteiger partial charge in [0, 0.05) is 6.61 Å². The lowest BCUT2D eigenvalue weighted by atomic mass is 10.3. The second-order valence-electron chi connectivity index (χ2n) is 1.92. The fraction of sp³-hybridized carbons (Fsp3) is 0.625. The minimum Gasteiger partial charge on any atom is -0.363 e. The third kappa shape index (κ3) is 4.10. The first-order valence-corrected chi connectivity index (χ1v) is 3.83. The SMILES string of the molecule is C=CC(OCC)C(=O)OOCC. The molecule has 0 fully saturated rings. The van der Waals surface area contributed by atoms with Crippen LogP contribution in [0.1, 0.15) is 13.8 Å². The molecule has 4 nitrogen and oxygen atoms in total. The zero-order chi connectivity index (χ0) is 9.40. The Bertz CT molecular complexity index is 144. The van der Waals surface area contributed by atoms with Crippen LogP contribution in [0.5, 0.6) is 0 Å². The Labute approximate surface area is 72.0 Å². The van der Waals surface area contributed by atoms with Crippen LogP contribution in [-0.2, 0) is 19.3 Å². The van der Waals surface area contributed by atoms with Gasteiger partial charge < -0.3 is 4.74 Å². The first-order valence-electron chi connectivity index (χ1n) is 3.83. The van der Waals surface area contributed by atoms with Gasteiger partial charge in [-0.15, -0.1) is 0 Å². The number of hydrogen-bond acceptors (Lipinski definition) is 4. The smallest absolute Gasteiger partial charge is 0.363 e. The fourth-order valence-corrected chi connectivity index (χ4v) is 0.576. The monoisotopic (exact) mass is 174 g/mol. The van der Waals surface area contributed by atoms with Gasteiger partial charge in [0.2, 0.25) is 0 Å². The van der Waals surface area contributed by atoms with Crippen LogP contribution in [0.4, 0.5) is 0 Å². The van der Waals surface area contributed by atoms with E-state index in [1.165, 1.54) is 6.08 Å². The molecule has 12 heavy (non-hydrogen) atoms. The van der Waals surface area contributed by atoms with Crippen molar-refractivity contribution in [3.8, 4) is 0 Å². The lowest BCUT2D eigenvalue weighted by Gasteiger charge is -2.09. The summed E-state index contributed by atoms with van der Waals surface area (Å²) in [4.78, 5) is 19.8. The number of carbonyl (C=O) groups excluding carboxylic acids is 1. The molecule has 0 aliphatic rings. The summed E-state index contributed by atoms with van der Waals surface area (Å²) in [5.74, 6) is -0.575. The summed E-state index contributed by atoms with van der Waals surface area (Å²) < 4.78 is 4.98. The van der Waals surface area contributed by atoms with Gasteiger partial charge >= 0.3 is 5.97 Å². The van der Waals surface area contributed by atoms with Gasteiger partial charge in [-0.1, -0.05) is 12.7 Å². The molecule has 1 atom stereocenters. The lowest BCUT2D eigenvalue weighted by molar-refractivity contribution is -0.275. The van der Waals surface area contributed by atoms with Gasteiger partial charge in [-0.3, -0.25) is 4.89 Å². The van der Waals surface area contributed by atoms with Crippen LogP contribution in [0.2, 0.25) is 0 Å². The van der Waals surface area contributed by atoms with Crippen molar-refractivity contribution in [2.24, 2.45) is 0 Å². The van der Waals surface area contributed by atoms with Crippen molar-refractivity contribution >= 4 is 5.97 Å². The van der Waals surface area contributed by atoms with Gasteiger partial charge in [0.15, 0.2) is 6.10 Å². The van der Waals surface area contributed by atoms with Crippen molar-refractivity contribution in [2.75, 3.05) is 13.2 Å². The van der Waals surface area contributed by atoms with Gasteiger partial charge in [-0.25, -0.2) is 4.79 Å². The number of rotatable bonds is 6. The molecule has 0 N–H and O–H groups in total. The van der Waals surface area contributed by atoms with Crippen LogP contribution in [0, 0.1) is 0 Å². The second kappa shape index (κ2) is 6.82. The van der Waals surface area contributed by atoms with Gasteiger partial charge in [-0.2, -0.15) is 4.89 Å². The Balaban J connectivity index is 3.77. The number of ether oxygens (including phenoxy) is 1. The summed E-state index contributed by atoms with van der Waals surface area (Å²) in [6.45, 7) is 7.68. The third-order valence-electron chi connectivity index (χ3n) is 1.05. The molecule has 0 aromatic rings. The maximum absolute atomic E-state index is 11.0. The first-order chi connectivity index (χ1) is 5.76. The average molecular weight is 174 g/mol. The van der Waals surface area contributed by atoms with Gasteiger partial charge in [0.25, 0.3) is 0 Å². The largest absolute Gasteiger partial charge is 0.374 e. The fourth-order valence-electron chi connectivity index (χ4n) is 0.576. The summed E-state index contributed by atoms with van der Waals surface area (Å²) in [5.41, 5.74) is 0. The zero-order valence-corrected chi connectivity index (χ0v) is 7.41. The number of hydrogen-bond donors (Lipinski definition) is 0. The molecule has 0 saturated heterocycles. The molecule has 0 aromatic carbocycles. The molecule has 0 amide bonds. The highest BCUT2D eigenvalue weighted by Gasteiger charge is 2.16. The summed E-state index contributed by atoms with van der Waals surface area (Å²) in [6, 6.07) is 0.